The van der Waals surface area contributed by atoms with Crippen LogP contribution in [0.2, 0.25) is 0 Å². The average Bonchev–Trinajstić information content (AvgIpc) is 2.89. The summed E-state index contributed by atoms with van der Waals surface area (Å²) in [6.45, 7) is 0.575. The molecule has 12 heteroatoms. The molecule has 0 radical (unpaired) electrons. The summed E-state index contributed by atoms with van der Waals surface area (Å²) < 4.78 is 45.4. The molecular formula is C18H18F3N7O2. The number of aromatic nitrogens is 5. The molecule has 4 heterocycles. The van der Waals surface area contributed by atoms with Gasteiger partial charge in [-0.1, -0.05) is 0 Å². The van der Waals surface area contributed by atoms with Gasteiger partial charge < -0.3 is 15.0 Å². The number of ether oxygens (including phenoxy) is 1. The average molecular weight is 421 g/mol. The van der Waals surface area contributed by atoms with E-state index in [9.17, 15) is 18.0 Å². The van der Waals surface area contributed by atoms with Gasteiger partial charge in [0.15, 0.2) is 5.82 Å². The second kappa shape index (κ2) is 8.22. The van der Waals surface area contributed by atoms with Crippen molar-refractivity contribution >= 4 is 28.4 Å². The zero-order chi connectivity index (χ0) is 21.1. The highest BCUT2D eigenvalue weighted by Crippen LogP contribution is 2.28. The molecule has 30 heavy (non-hydrogen) atoms. The summed E-state index contributed by atoms with van der Waals surface area (Å²) in [6, 6.07) is 2.90. The fourth-order valence-corrected chi connectivity index (χ4v) is 3.17. The van der Waals surface area contributed by atoms with Crippen molar-refractivity contribution in [2.45, 2.75) is 19.1 Å². The smallest absolute Gasteiger partial charge is 0.380 e. The van der Waals surface area contributed by atoms with Gasteiger partial charge in [-0.15, -0.1) is 0 Å². The van der Waals surface area contributed by atoms with Gasteiger partial charge in [0.1, 0.15) is 24.4 Å². The summed E-state index contributed by atoms with van der Waals surface area (Å²) in [5, 5.41) is 7.25. The van der Waals surface area contributed by atoms with Crippen LogP contribution in [0.3, 0.4) is 0 Å². The van der Waals surface area contributed by atoms with Crippen LogP contribution >= 0.6 is 0 Å². The van der Waals surface area contributed by atoms with E-state index in [2.05, 4.69) is 25.4 Å². The number of fused-ring (bicyclic) bond motifs is 1. The lowest BCUT2D eigenvalue weighted by atomic mass is 10.2. The maximum atomic E-state index is 13.1. The Hall–Kier alpha value is -3.28. The first-order valence-electron chi connectivity index (χ1n) is 9.24. The Morgan fingerprint density at radius 3 is 2.87 bits per heavy atom. The maximum absolute atomic E-state index is 13.1. The number of alkyl halides is 3. The standard InChI is InChI=1S/C18H18F3N7O2/c19-18(20,21)10-28-14-8-13(17(29)27-4-1-6-30-7-5-27)23-9-12(14)16(26-28)25-15-2-3-22-11-24-15/h2-3,8-9,11H,1,4-7,10H2,(H,22,24,25,26). The number of halogens is 3. The number of hydrogen-bond acceptors (Lipinski definition) is 7. The van der Waals surface area contributed by atoms with Crippen LogP contribution < -0.4 is 5.32 Å². The quantitative estimate of drug-likeness (QED) is 0.691. The molecule has 0 spiro atoms. The lowest BCUT2D eigenvalue weighted by molar-refractivity contribution is -0.141. The van der Waals surface area contributed by atoms with Crippen molar-refractivity contribution in [3.63, 3.8) is 0 Å². The van der Waals surface area contributed by atoms with Crippen LogP contribution in [0.4, 0.5) is 24.8 Å². The lowest BCUT2D eigenvalue weighted by Crippen LogP contribution is -2.33. The van der Waals surface area contributed by atoms with Gasteiger partial charge in [0.2, 0.25) is 0 Å². The molecule has 0 aliphatic carbocycles. The van der Waals surface area contributed by atoms with Gasteiger partial charge in [0.25, 0.3) is 5.91 Å². The third-order valence-corrected chi connectivity index (χ3v) is 4.52. The number of pyridine rings is 1. The molecule has 1 saturated heterocycles. The van der Waals surface area contributed by atoms with E-state index in [4.69, 9.17) is 4.74 Å². The van der Waals surface area contributed by atoms with E-state index in [-0.39, 0.29) is 22.9 Å². The van der Waals surface area contributed by atoms with Crippen LogP contribution in [0, 0.1) is 0 Å². The molecule has 4 rings (SSSR count). The Bertz CT molecular complexity index is 1030. The van der Waals surface area contributed by atoms with E-state index in [1.54, 1.807) is 11.0 Å². The van der Waals surface area contributed by atoms with E-state index in [0.717, 1.165) is 4.68 Å². The third kappa shape index (κ3) is 4.48. The van der Waals surface area contributed by atoms with Gasteiger partial charge >= 0.3 is 6.18 Å². The molecule has 0 unspecified atom stereocenters. The van der Waals surface area contributed by atoms with Gasteiger partial charge in [-0.3, -0.25) is 14.5 Å². The number of nitrogens with zero attached hydrogens (tertiary/aromatic N) is 6. The number of rotatable bonds is 4. The predicted octanol–water partition coefficient (Wildman–Crippen LogP) is 2.39. The highest BCUT2D eigenvalue weighted by Gasteiger charge is 2.30. The Labute approximate surface area is 168 Å². The molecule has 9 nitrogen and oxygen atoms in total. The highest BCUT2D eigenvalue weighted by molar-refractivity contribution is 5.98. The molecule has 0 atom stereocenters. The first kappa shape index (κ1) is 20.0. The maximum Gasteiger partial charge on any atom is 0.408 e. The zero-order valence-electron chi connectivity index (χ0n) is 15.8. The van der Waals surface area contributed by atoms with Crippen molar-refractivity contribution in [1.82, 2.24) is 29.6 Å². The predicted molar refractivity (Wildman–Crippen MR) is 100 cm³/mol. The second-order valence-corrected chi connectivity index (χ2v) is 6.69. The molecule has 0 bridgehead atoms. The Morgan fingerprint density at radius 2 is 2.10 bits per heavy atom. The van der Waals surface area contributed by atoms with E-state index in [1.807, 2.05) is 0 Å². The van der Waals surface area contributed by atoms with Crippen molar-refractivity contribution < 1.29 is 22.7 Å². The van der Waals surface area contributed by atoms with Crippen LogP contribution in [0.25, 0.3) is 10.9 Å². The molecule has 1 aliphatic heterocycles. The van der Waals surface area contributed by atoms with Crippen LogP contribution in [0.15, 0.2) is 30.9 Å². The van der Waals surface area contributed by atoms with Crippen molar-refractivity contribution in [2.24, 2.45) is 0 Å². The molecule has 0 aromatic carbocycles. The topological polar surface area (TPSA) is 98.1 Å². The molecule has 0 saturated carbocycles. The first-order valence-corrected chi connectivity index (χ1v) is 9.24. The second-order valence-electron chi connectivity index (χ2n) is 6.69. The molecule has 1 aliphatic rings. The van der Waals surface area contributed by atoms with Crippen molar-refractivity contribution in [3.05, 3.63) is 36.5 Å². The molecule has 158 valence electrons. The van der Waals surface area contributed by atoms with Crippen LogP contribution in [-0.2, 0) is 11.3 Å². The van der Waals surface area contributed by atoms with Gasteiger partial charge in [-0.25, -0.2) is 9.97 Å². The first-order chi connectivity index (χ1) is 14.4. The number of anilines is 2. The van der Waals surface area contributed by atoms with Gasteiger partial charge in [0, 0.05) is 32.1 Å². The number of amides is 1. The molecule has 3 aromatic rings. The Kier molecular flexibility index (Phi) is 5.48. The number of nitrogens with one attached hydrogen (secondary N) is 1. The van der Waals surface area contributed by atoms with Crippen molar-refractivity contribution in [1.29, 1.82) is 0 Å². The highest BCUT2D eigenvalue weighted by atomic mass is 19.4. The SMILES string of the molecule is O=C(c1cc2c(cn1)c(Nc1ccncn1)nn2CC(F)(F)F)N1CCCOCC1. The largest absolute Gasteiger partial charge is 0.408 e. The third-order valence-electron chi connectivity index (χ3n) is 4.52. The number of carbonyl (C=O) groups is 1. The van der Waals surface area contributed by atoms with E-state index in [0.29, 0.717) is 43.9 Å². The minimum atomic E-state index is -4.49. The van der Waals surface area contributed by atoms with Gasteiger partial charge in [-0.05, 0) is 18.6 Å². The Balaban J connectivity index is 1.71. The molecule has 1 N–H and O–H groups in total. The van der Waals surface area contributed by atoms with Crippen LogP contribution in [-0.4, -0.2) is 68.0 Å². The van der Waals surface area contributed by atoms with Crippen molar-refractivity contribution in [3.8, 4) is 0 Å². The van der Waals surface area contributed by atoms with Crippen LogP contribution in [0.5, 0.6) is 0 Å². The molecular weight excluding hydrogens is 403 g/mol. The number of hydrogen-bond donors (Lipinski definition) is 1. The van der Waals surface area contributed by atoms with Crippen LogP contribution in [0.1, 0.15) is 16.9 Å². The van der Waals surface area contributed by atoms with E-state index >= 15 is 0 Å². The summed E-state index contributed by atoms with van der Waals surface area (Å²) in [6.07, 6.45) is 0.343. The summed E-state index contributed by atoms with van der Waals surface area (Å²) in [5.74, 6) is 0.170. The van der Waals surface area contributed by atoms with E-state index < -0.39 is 12.7 Å². The van der Waals surface area contributed by atoms with Crippen molar-refractivity contribution in [2.75, 3.05) is 31.6 Å². The summed E-state index contributed by atoms with van der Waals surface area (Å²) in [5.41, 5.74) is 0.203. The minimum Gasteiger partial charge on any atom is -0.380 e. The zero-order valence-corrected chi connectivity index (χ0v) is 15.8. The monoisotopic (exact) mass is 421 g/mol. The molecule has 1 amide bonds. The molecule has 3 aromatic heterocycles. The lowest BCUT2D eigenvalue weighted by Gasteiger charge is -2.19. The minimum absolute atomic E-state index is 0.0568. The normalized spacial score (nSPS) is 15.2. The van der Waals surface area contributed by atoms with Gasteiger partial charge in [0.05, 0.1) is 17.5 Å². The summed E-state index contributed by atoms with van der Waals surface area (Å²) >= 11 is 0. The summed E-state index contributed by atoms with van der Waals surface area (Å²) in [7, 11) is 0. The fourth-order valence-electron chi connectivity index (χ4n) is 3.17. The number of carbonyl (C=O) groups excluding carboxylic acids is 1. The van der Waals surface area contributed by atoms with E-state index in [1.165, 1.54) is 24.8 Å². The fraction of sp³-hybridized carbons (Fsp3) is 0.389. The molecule has 1 fully saturated rings. The Morgan fingerprint density at radius 1 is 1.23 bits per heavy atom. The summed E-state index contributed by atoms with van der Waals surface area (Å²) in [4.78, 5) is 26.4. The van der Waals surface area contributed by atoms with Gasteiger partial charge in [-0.2, -0.15) is 18.3 Å².